The lowest BCUT2D eigenvalue weighted by atomic mass is 10.1. The Balaban J connectivity index is 1.61. The van der Waals surface area contributed by atoms with Crippen LogP contribution in [0.3, 0.4) is 0 Å². The first-order chi connectivity index (χ1) is 16.1. The van der Waals surface area contributed by atoms with Gasteiger partial charge in [-0.2, -0.15) is 13.2 Å². The molecule has 0 atom stereocenters. The van der Waals surface area contributed by atoms with E-state index < -0.39 is 30.2 Å². The lowest BCUT2D eigenvalue weighted by molar-refractivity contribution is -0.140. The van der Waals surface area contributed by atoms with E-state index in [-0.39, 0.29) is 15.8 Å². The van der Waals surface area contributed by atoms with Crippen LogP contribution in [0.1, 0.15) is 16.8 Å². The van der Waals surface area contributed by atoms with Crippen molar-refractivity contribution in [2.24, 2.45) is 0 Å². The van der Waals surface area contributed by atoms with Gasteiger partial charge in [-0.1, -0.05) is 48.2 Å². The number of ether oxygens (including phenoxy) is 1. The fourth-order valence-electron chi connectivity index (χ4n) is 3.21. The summed E-state index contributed by atoms with van der Waals surface area (Å²) in [6.07, 6.45) is -2.92. The fraction of sp³-hybridized carbons (Fsp3) is 0.130. The number of nitrogens with zero attached hydrogens (tertiary/aromatic N) is 2. The Kier molecular flexibility index (Phi) is 6.58. The number of pyridine rings is 1. The van der Waals surface area contributed by atoms with Crippen LogP contribution in [0.5, 0.6) is 5.75 Å². The number of thioether (sulfide) groups is 1. The Morgan fingerprint density at radius 2 is 1.88 bits per heavy atom. The first kappa shape index (κ1) is 23.7. The zero-order valence-corrected chi connectivity index (χ0v) is 18.8. The summed E-state index contributed by atoms with van der Waals surface area (Å²) >= 11 is 6.08. The zero-order chi connectivity index (χ0) is 24.5. The third-order valence-corrected chi connectivity index (χ3v) is 6.20. The maximum atomic E-state index is 12.8. The van der Waals surface area contributed by atoms with Gasteiger partial charge in [0.15, 0.2) is 0 Å². The maximum absolute atomic E-state index is 12.8. The van der Waals surface area contributed by atoms with Crippen molar-refractivity contribution in [3.63, 3.8) is 0 Å². The molecular weight excluding hydrogens is 489 g/mol. The van der Waals surface area contributed by atoms with Gasteiger partial charge in [-0.25, -0.2) is 4.98 Å². The molecule has 1 aliphatic rings. The van der Waals surface area contributed by atoms with Crippen molar-refractivity contribution in [2.45, 2.75) is 12.8 Å². The average Bonchev–Trinajstić information content (AvgIpc) is 3.04. The standard InChI is InChI=1S/C23H15F3N2O4S2/c24-23(25,26)14-7-5-13(6-8-14)12-32-18-9-15(27-17-4-2-1-3-16(17)18)10-19-21(31)28(11-20(29)30)22(33)34-19/h1-10H,11-12H2,(H,29,30)/b19-10+. The highest BCUT2D eigenvalue weighted by Crippen LogP contribution is 2.34. The molecule has 3 aromatic rings. The summed E-state index contributed by atoms with van der Waals surface area (Å²) in [5.41, 5.74) is 0.773. The minimum absolute atomic E-state index is 0.0202. The van der Waals surface area contributed by atoms with E-state index in [1.165, 1.54) is 18.2 Å². The number of fused-ring (bicyclic) bond motifs is 1. The lowest BCUT2D eigenvalue weighted by Crippen LogP contribution is -2.33. The maximum Gasteiger partial charge on any atom is 0.416 e. The van der Waals surface area contributed by atoms with Crippen LogP contribution in [-0.2, 0) is 22.4 Å². The molecule has 34 heavy (non-hydrogen) atoms. The monoisotopic (exact) mass is 504 g/mol. The molecule has 174 valence electrons. The third-order valence-electron chi connectivity index (χ3n) is 4.82. The number of rotatable bonds is 6. The highest BCUT2D eigenvalue weighted by molar-refractivity contribution is 8.26. The molecule has 1 fully saturated rings. The van der Waals surface area contributed by atoms with E-state index in [1.54, 1.807) is 30.3 Å². The molecule has 4 rings (SSSR count). The minimum atomic E-state index is -4.42. The number of alkyl halides is 3. The number of hydrogen-bond acceptors (Lipinski definition) is 6. The van der Waals surface area contributed by atoms with Gasteiger partial charge in [0.05, 0.1) is 21.7 Å². The molecule has 11 heteroatoms. The van der Waals surface area contributed by atoms with E-state index in [2.05, 4.69) is 4.98 Å². The van der Waals surface area contributed by atoms with Crippen LogP contribution in [0.2, 0.25) is 0 Å². The number of carbonyl (C=O) groups excluding carboxylic acids is 1. The quantitative estimate of drug-likeness (QED) is 0.369. The SMILES string of the molecule is O=C(O)CN1C(=O)/C(=C\c2cc(OCc3ccc(C(F)(F)F)cc3)c3ccccc3n2)SC1=S. The van der Waals surface area contributed by atoms with Gasteiger partial charge in [0, 0.05) is 11.5 Å². The number of para-hydroxylation sites is 1. The van der Waals surface area contributed by atoms with E-state index in [0.29, 0.717) is 27.9 Å². The van der Waals surface area contributed by atoms with E-state index in [0.717, 1.165) is 28.8 Å². The molecule has 1 aliphatic heterocycles. The molecule has 1 aromatic heterocycles. The second-order valence-electron chi connectivity index (χ2n) is 7.21. The molecule has 0 unspecified atom stereocenters. The van der Waals surface area contributed by atoms with E-state index >= 15 is 0 Å². The number of carboxylic acid groups (broad SMARTS) is 1. The number of amides is 1. The van der Waals surface area contributed by atoms with Crippen LogP contribution in [0.4, 0.5) is 13.2 Å². The van der Waals surface area contributed by atoms with Crippen molar-refractivity contribution >= 4 is 57.2 Å². The molecule has 0 spiro atoms. The predicted octanol–water partition coefficient (Wildman–Crippen LogP) is 5.12. The molecule has 0 radical (unpaired) electrons. The number of thiocarbonyl (C=S) groups is 1. The van der Waals surface area contributed by atoms with Crippen LogP contribution in [0, 0.1) is 0 Å². The van der Waals surface area contributed by atoms with Gasteiger partial charge in [-0.3, -0.25) is 14.5 Å². The number of benzene rings is 2. The molecule has 2 aromatic carbocycles. The zero-order valence-electron chi connectivity index (χ0n) is 17.2. The van der Waals surface area contributed by atoms with Crippen molar-refractivity contribution in [3.8, 4) is 5.75 Å². The first-order valence-corrected chi connectivity index (χ1v) is 11.0. The molecule has 1 amide bonds. The fourth-order valence-corrected chi connectivity index (χ4v) is 4.45. The molecule has 1 N–H and O–H groups in total. The van der Waals surface area contributed by atoms with Gasteiger partial charge >= 0.3 is 12.1 Å². The van der Waals surface area contributed by atoms with Crippen molar-refractivity contribution in [3.05, 3.63) is 76.3 Å². The summed E-state index contributed by atoms with van der Waals surface area (Å²) in [5.74, 6) is -1.28. The Hall–Kier alpha value is -3.44. The highest BCUT2D eigenvalue weighted by Gasteiger charge is 2.33. The number of halogens is 3. The number of aromatic nitrogens is 1. The number of carboxylic acids is 1. The van der Waals surface area contributed by atoms with Crippen LogP contribution < -0.4 is 4.74 Å². The van der Waals surface area contributed by atoms with Crippen LogP contribution in [0.15, 0.2) is 59.5 Å². The summed E-state index contributed by atoms with van der Waals surface area (Å²) < 4.78 is 44.4. The Bertz CT molecular complexity index is 1320. The average molecular weight is 505 g/mol. The number of aliphatic carboxylic acids is 1. The first-order valence-electron chi connectivity index (χ1n) is 9.78. The highest BCUT2D eigenvalue weighted by atomic mass is 32.2. The van der Waals surface area contributed by atoms with Gasteiger partial charge in [0.25, 0.3) is 5.91 Å². The molecule has 0 saturated carbocycles. The third kappa shape index (κ3) is 5.20. The van der Waals surface area contributed by atoms with E-state index in [9.17, 15) is 22.8 Å². The number of hydrogen-bond donors (Lipinski definition) is 1. The summed E-state index contributed by atoms with van der Waals surface area (Å²) in [5, 5.41) is 9.67. The molecule has 2 heterocycles. The molecule has 0 bridgehead atoms. The topological polar surface area (TPSA) is 79.7 Å². The number of carbonyl (C=O) groups is 2. The summed E-state index contributed by atoms with van der Waals surface area (Å²) in [7, 11) is 0. The molecular formula is C23H15F3N2O4S2. The predicted molar refractivity (Wildman–Crippen MR) is 125 cm³/mol. The summed E-state index contributed by atoms with van der Waals surface area (Å²) in [6, 6.07) is 13.4. The van der Waals surface area contributed by atoms with Crippen LogP contribution in [0.25, 0.3) is 17.0 Å². The lowest BCUT2D eigenvalue weighted by Gasteiger charge is -2.12. The van der Waals surface area contributed by atoms with Crippen molar-refractivity contribution in [1.29, 1.82) is 0 Å². The summed E-state index contributed by atoms with van der Waals surface area (Å²) in [6.45, 7) is -0.513. The van der Waals surface area contributed by atoms with E-state index in [1.807, 2.05) is 0 Å². The van der Waals surface area contributed by atoms with Gasteiger partial charge in [-0.15, -0.1) is 0 Å². The van der Waals surface area contributed by atoms with Crippen molar-refractivity contribution < 1.29 is 32.6 Å². The molecule has 1 saturated heterocycles. The minimum Gasteiger partial charge on any atom is -0.488 e. The normalized spacial score (nSPS) is 15.4. The largest absolute Gasteiger partial charge is 0.488 e. The van der Waals surface area contributed by atoms with Gasteiger partial charge < -0.3 is 9.84 Å². The Labute approximate surface area is 201 Å². The Morgan fingerprint density at radius 3 is 2.56 bits per heavy atom. The smallest absolute Gasteiger partial charge is 0.416 e. The van der Waals surface area contributed by atoms with Gasteiger partial charge in [-0.05, 0) is 35.9 Å². The Morgan fingerprint density at radius 1 is 1.18 bits per heavy atom. The second-order valence-corrected chi connectivity index (χ2v) is 8.88. The second kappa shape index (κ2) is 9.43. The van der Waals surface area contributed by atoms with Crippen LogP contribution >= 0.6 is 24.0 Å². The molecule has 0 aliphatic carbocycles. The van der Waals surface area contributed by atoms with Gasteiger partial charge in [0.1, 0.15) is 23.2 Å². The van der Waals surface area contributed by atoms with Crippen molar-refractivity contribution in [1.82, 2.24) is 9.88 Å². The summed E-state index contributed by atoms with van der Waals surface area (Å²) in [4.78, 5) is 29.3. The molecule has 6 nitrogen and oxygen atoms in total. The van der Waals surface area contributed by atoms with Crippen LogP contribution in [-0.4, -0.2) is 37.7 Å². The van der Waals surface area contributed by atoms with Crippen molar-refractivity contribution in [2.75, 3.05) is 6.54 Å². The van der Waals surface area contributed by atoms with Gasteiger partial charge in [0.2, 0.25) is 0 Å². The van der Waals surface area contributed by atoms with E-state index in [4.69, 9.17) is 22.1 Å².